The summed E-state index contributed by atoms with van der Waals surface area (Å²) in [7, 11) is 0. The summed E-state index contributed by atoms with van der Waals surface area (Å²) in [5.74, 6) is 1.34. The fraction of sp³-hybridized carbons (Fsp3) is 0.0556. The quantitative estimate of drug-likeness (QED) is 0.495. The Bertz CT molecular complexity index is 1090. The molecule has 0 aliphatic heterocycles. The minimum atomic E-state index is -0.296. The van der Waals surface area contributed by atoms with Gasteiger partial charge in [-0.3, -0.25) is 4.79 Å². The third-order valence-corrected chi connectivity index (χ3v) is 4.08. The number of halogens is 1. The number of anilines is 1. The van der Waals surface area contributed by atoms with Crippen molar-refractivity contribution in [3.05, 3.63) is 64.7 Å². The summed E-state index contributed by atoms with van der Waals surface area (Å²) in [6.07, 6.45) is 2.99. The molecule has 0 radical (unpaired) electrons. The zero-order valence-electron chi connectivity index (χ0n) is 13.7. The van der Waals surface area contributed by atoms with Gasteiger partial charge in [0.2, 0.25) is 11.9 Å². The van der Waals surface area contributed by atoms with Crippen LogP contribution in [0.25, 0.3) is 23.1 Å². The molecule has 2 N–H and O–H groups in total. The summed E-state index contributed by atoms with van der Waals surface area (Å²) < 4.78 is 7.51. The molecule has 3 aromatic heterocycles. The molecule has 0 aliphatic carbocycles. The van der Waals surface area contributed by atoms with Gasteiger partial charge in [0.25, 0.3) is 0 Å². The number of nitrogens with one attached hydrogen (secondary N) is 2. The van der Waals surface area contributed by atoms with Crippen LogP contribution in [0.4, 0.5) is 5.82 Å². The highest BCUT2D eigenvalue weighted by Gasteiger charge is 2.13. The second-order valence-corrected chi connectivity index (χ2v) is 6.41. The molecule has 4 aromatic rings. The van der Waals surface area contributed by atoms with E-state index in [2.05, 4.69) is 36.3 Å². The molecule has 7 nitrogen and oxygen atoms in total. The van der Waals surface area contributed by atoms with Crippen molar-refractivity contribution in [3.63, 3.8) is 0 Å². The molecule has 0 aliphatic rings. The lowest BCUT2D eigenvalue weighted by molar-refractivity contribution is -0.111. The van der Waals surface area contributed by atoms with Crippen LogP contribution in [0.3, 0.4) is 0 Å². The number of amides is 1. The number of carbonyl (C=O) groups excluding carboxylic acids is 1. The Kier molecular flexibility index (Phi) is 4.18. The average Bonchev–Trinajstić information content (AvgIpc) is 3.31. The molecule has 0 saturated carbocycles. The second-order valence-electron chi connectivity index (χ2n) is 5.62. The monoisotopic (exact) mass is 411 g/mol. The summed E-state index contributed by atoms with van der Waals surface area (Å²) in [5.41, 5.74) is 2.49. The highest BCUT2D eigenvalue weighted by atomic mass is 79.9. The normalized spacial score (nSPS) is 11.5. The summed E-state index contributed by atoms with van der Waals surface area (Å²) in [4.78, 5) is 19.9. The first-order valence-electron chi connectivity index (χ1n) is 7.85. The van der Waals surface area contributed by atoms with Crippen molar-refractivity contribution >= 4 is 44.8 Å². The molecule has 0 bridgehead atoms. The van der Waals surface area contributed by atoms with Crippen molar-refractivity contribution in [1.29, 1.82) is 0 Å². The molecule has 0 spiro atoms. The zero-order valence-corrected chi connectivity index (χ0v) is 15.3. The summed E-state index contributed by atoms with van der Waals surface area (Å²) >= 11 is 3.22. The van der Waals surface area contributed by atoms with Crippen LogP contribution in [0.15, 0.2) is 57.6 Å². The van der Waals surface area contributed by atoms with Crippen LogP contribution in [-0.4, -0.2) is 25.7 Å². The first-order chi connectivity index (χ1) is 12.6. The van der Waals surface area contributed by atoms with Gasteiger partial charge in [0.1, 0.15) is 11.6 Å². The zero-order chi connectivity index (χ0) is 18.1. The smallest absolute Gasteiger partial charge is 0.249 e. The molecule has 3 heterocycles. The van der Waals surface area contributed by atoms with Crippen LogP contribution in [0.5, 0.6) is 0 Å². The molecule has 4 rings (SSSR count). The molecular formula is C18H14BrN5O2. The third kappa shape index (κ3) is 3.31. The van der Waals surface area contributed by atoms with Crippen molar-refractivity contribution in [3.8, 4) is 5.95 Å². The number of aryl methyl sites for hydroxylation is 1. The fourth-order valence-electron chi connectivity index (χ4n) is 2.53. The number of nitrogens with zero attached hydrogens (tertiary/aromatic N) is 3. The van der Waals surface area contributed by atoms with Crippen LogP contribution in [0.1, 0.15) is 11.5 Å². The third-order valence-electron chi connectivity index (χ3n) is 3.65. The van der Waals surface area contributed by atoms with Gasteiger partial charge in [-0.1, -0.05) is 12.1 Å². The SMILES string of the molecule is Cc1cc(NC(=O)C=Cc2ccc(Br)o2)n(-c2nc3ccccc3[nH]2)n1. The van der Waals surface area contributed by atoms with Gasteiger partial charge in [0.05, 0.1) is 16.7 Å². The maximum absolute atomic E-state index is 12.2. The van der Waals surface area contributed by atoms with Crippen LogP contribution < -0.4 is 5.32 Å². The number of para-hydroxylation sites is 2. The van der Waals surface area contributed by atoms with E-state index in [0.29, 0.717) is 22.2 Å². The fourth-order valence-corrected chi connectivity index (χ4v) is 2.85. The number of hydrogen-bond acceptors (Lipinski definition) is 4. The highest BCUT2D eigenvalue weighted by molar-refractivity contribution is 9.10. The van der Waals surface area contributed by atoms with Crippen LogP contribution in [-0.2, 0) is 4.79 Å². The largest absolute Gasteiger partial charge is 0.450 e. The number of imidazole rings is 1. The van der Waals surface area contributed by atoms with Gasteiger partial charge in [-0.2, -0.15) is 9.78 Å². The van der Waals surface area contributed by atoms with E-state index in [0.717, 1.165) is 16.7 Å². The van der Waals surface area contributed by atoms with Crippen LogP contribution in [0.2, 0.25) is 0 Å². The standard InChI is InChI=1S/C18H14BrN5O2/c1-11-10-16(22-17(25)9-7-12-6-8-15(19)26-12)24(23-11)18-20-13-4-2-3-5-14(13)21-18/h2-10H,1H3,(H,20,21)(H,22,25). The Balaban J connectivity index is 1.59. The van der Waals surface area contributed by atoms with E-state index in [9.17, 15) is 4.79 Å². The van der Waals surface area contributed by atoms with Gasteiger partial charge >= 0.3 is 0 Å². The van der Waals surface area contributed by atoms with Gasteiger partial charge < -0.3 is 14.7 Å². The molecule has 26 heavy (non-hydrogen) atoms. The van der Waals surface area contributed by atoms with E-state index in [-0.39, 0.29) is 5.91 Å². The van der Waals surface area contributed by atoms with Crippen molar-refractivity contribution in [2.75, 3.05) is 5.32 Å². The first-order valence-corrected chi connectivity index (χ1v) is 8.64. The van der Waals surface area contributed by atoms with E-state index in [1.165, 1.54) is 6.08 Å². The first kappa shape index (κ1) is 16.3. The van der Waals surface area contributed by atoms with E-state index in [4.69, 9.17) is 4.42 Å². The van der Waals surface area contributed by atoms with Gasteiger partial charge in [-0.15, -0.1) is 0 Å². The average molecular weight is 412 g/mol. The maximum Gasteiger partial charge on any atom is 0.249 e. The number of benzene rings is 1. The summed E-state index contributed by atoms with van der Waals surface area (Å²) in [6.45, 7) is 1.85. The maximum atomic E-state index is 12.2. The Morgan fingerprint density at radius 3 is 2.92 bits per heavy atom. The number of rotatable bonds is 4. The van der Waals surface area contributed by atoms with Gasteiger partial charge in [0, 0.05) is 12.1 Å². The van der Waals surface area contributed by atoms with Crippen molar-refractivity contribution in [2.45, 2.75) is 6.92 Å². The number of hydrogen-bond donors (Lipinski definition) is 2. The molecular weight excluding hydrogens is 398 g/mol. The van der Waals surface area contributed by atoms with Crippen molar-refractivity contribution < 1.29 is 9.21 Å². The lowest BCUT2D eigenvalue weighted by atomic mass is 10.3. The molecule has 1 amide bonds. The van der Waals surface area contributed by atoms with Crippen molar-refractivity contribution in [1.82, 2.24) is 19.7 Å². The molecule has 1 aromatic carbocycles. The van der Waals surface area contributed by atoms with Crippen molar-refractivity contribution in [2.24, 2.45) is 0 Å². The topological polar surface area (TPSA) is 88.7 Å². The number of aromatic amines is 1. The molecule has 0 saturated heterocycles. The molecule has 0 atom stereocenters. The summed E-state index contributed by atoms with van der Waals surface area (Å²) in [6, 6.07) is 13.0. The summed E-state index contributed by atoms with van der Waals surface area (Å²) in [5, 5.41) is 7.22. The van der Waals surface area contributed by atoms with Crippen LogP contribution in [0, 0.1) is 6.92 Å². The Morgan fingerprint density at radius 2 is 2.15 bits per heavy atom. The number of H-pyrrole nitrogens is 1. The van der Waals surface area contributed by atoms with Crippen LogP contribution >= 0.6 is 15.9 Å². The van der Waals surface area contributed by atoms with E-state index in [1.54, 1.807) is 29.0 Å². The van der Waals surface area contributed by atoms with E-state index in [1.807, 2.05) is 31.2 Å². The van der Waals surface area contributed by atoms with Gasteiger partial charge in [-0.05, 0) is 53.2 Å². The number of aromatic nitrogens is 4. The minimum absolute atomic E-state index is 0.296. The highest BCUT2D eigenvalue weighted by Crippen LogP contribution is 2.19. The minimum Gasteiger partial charge on any atom is -0.450 e. The Hall–Kier alpha value is -3.13. The lowest BCUT2D eigenvalue weighted by Crippen LogP contribution is -2.13. The van der Waals surface area contributed by atoms with E-state index >= 15 is 0 Å². The molecule has 130 valence electrons. The Morgan fingerprint density at radius 1 is 1.31 bits per heavy atom. The van der Waals surface area contributed by atoms with E-state index < -0.39 is 0 Å². The predicted molar refractivity (Wildman–Crippen MR) is 102 cm³/mol. The molecule has 0 fully saturated rings. The number of fused-ring (bicyclic) bond motifs is 1. The van der Waals surface area contributed by atoms with Gasteiger partial charge in [0.15, 0.2) is 4.67 Å². The second kappa shape index (κ2) is 6.64. The molecule has 8 heteroatoms. The predicted octanol–water partition coefficient (Wildman–Crippen LogP) is 4.06. The number of furan rings is 1. The molecule has 0 unspecified atom stereocenters. The van der Waals surface area contributed by atoms with Gasteiger partial charge in [-0.25, -0.2) is 4.98 Å². The number of carbonyl (C=O) groups is 1. The Labute approximate surface area is 156 Å². The lowest BCUT2D eigenvalue weighted by Gasteiger charge is -2.04.